The molecule has 23 heavy (non-hydrogen) atoms. The lowest BCUT2D eigenvalue weighted by atomic mass is 10.2. The van der Waals surface area contributed by atoms with E-state index in [0.717, 1.165) is 22.6 Å². The highest BCUT2D eigenvalue weighted by atomic mass is 35.5. The van der Waals surface area contributed by atoms with Gasteiger partial charge in [-0.05, 0) is 62.3 Å². The third-order valence-electron chi connectivity index (χ3n) is 3.39. The molecule has 0 saturated heterocycles. The molecule has 5 heteroatoms. The van der Waals surface area contributed by atoms with Crippen molar-refractivity contribution in [2.45, 2.75) is 26.8 Å². The topological polar surface area (TPSA) is 33.3 Å². The van der Waals surface area contributed by atoms with E-state index < -0.39 is 0 Å². The molecule has 122 valence electrons. The van der Waals surface area contributed by atoms with Gasteiger partial charge in [-0.15, -0.1) is 0 Å². The Hall–Kier alpha value is -1.78. The number of aryl methyl sites for hydroxylation is 2. The van der Waals surface area contributed by atoms with Crippen LogP contribution in [0.25, 0.3) is 0 Å². The predicted molar refractivity (Wildman–Crippen MR) is 102 cm³/mol. The molecular formula is C18H21ClN2OS. The summed E-state index contributed by atoms with van der Waals surface area (Å²) >= 11 is 11.4. The van der Waals surface area contributed by atoms with Crippen LogP contribution >= 0.6 is 23.8 Å². The average Bonchev–Trinajstić information content (AvgIpc) is 2.50. The summed E-state index contributed by atoms with van der Waals surface area (Å²) in [6.07, 6.45) is 0. The standard InChI is InChI=1S/C18H21ClN2OS/c1-12-8-9-15(10-16(12)19)21-18(23)20-14(3)11-22-17-7-5-4-6-13(17)2/h4-10,14H,11H2,1-3H3,(H2,20,21,23). The summed E-state index contributed by atoms with van der Waals surface area (Å²) in [5.41, 5.74) is 3.02. The molecule has 0 aromatic heterocycles. The van der Waals surface area contributed by atoms with Crippen LogP contribution < -0.4 is 15.4 Å². The lowest BCUT2D eigenvalue weighted by Crippen LogP contribution is -2.39. The highest BCUT2D eigenvalue weighted by Crippen LogP contribution is 2.20. The van der Waals surface area contributed by atoms with Crippen LogP contribution in [-0.4, -0.2) is 17.8 Å². The third kappa shape index (κ3) is 5.41. The first-order valence-corrected chi connectivity index (χ1v) is 8.26. The molecule has 0 saturated carbocycles. The van der Waals surface area contributed by atoms with E-state index in [9.17, 15) is 0 Å². The van der Waals surface area contributed by atoms with Crippen molar-refractivity contribution >= 4 is 34.6 Å². The first-order chi connectivity index (χ1) is 11.0. The van der Waals surface area contributed by atoms with E-state index >= 15 is 0 Å². The fourth-order valence-corrected chi connectivity index (χ4v) is 2.54. The van der Waals surface area contributed by atoms with Gasteiger partial charge in [-0.25, -0.2) is 0 Å². The Labute approximate surface area is 148 Å². The maximum atomic E-state index is 6.11. The van der Waals surface area contributed by atoms with Crippen molar-refractivity contribution in [3.63, 3.8) is 0 Å². The van der Waals surface area contributed by atoms with E-state index in [1.807, 2.05) is 63.2 Å². The van der Waals surface area contributed by atoms with E-state index in [0.29, 0.717) is 16.7 Å². The van der Waals surface area contributed by atoms with Crippen LogP contribution in [0.4, 0.5) is 5.69 Å². The number of nitrogens with one attached hydrogen (secondary N) is 2. The first kappa shape index (κ1) is 17.6. The van der Waals surface area contributed by atoms with E-state index in [4.69, 9.17) is 28.6 Å². The molecule has 2 N–H and O–H groups in total. The van der Waals surface area contributed by atoms with Crippen LogP contribution in [0.2, 0.25) is 5.02 Å². The Kier molecular flexibility index (Phi) is 6.25. The summed E-state index contributed by atoms with van der Waals surface area (Å²) in [4.78, 5) is 0. The van der Waals surface area contributed by atoms with E-state index in [1.54, 1.807) is 0 Å². The largest absolute Gasteiger partial charge is 0.491 e. The van der Waals surface area contributed by atoms with Gasteiger partial charge in [-0.3, -0.25) is 0 Å². The number of ether oxygens (including phenoxy) is 1. The highest BCUT2D eigenvalue weighted by Gasteiger charge is 2.07. The highest BCUT2D eigenvalue weighted by molar-refractivity contribution is 7.80. The van der Waals surface area contributed by atoms with Crippen LogP contribution in [0.1, 0.15) is 18.1 Å². The van der Waals surface area contributed by atoms with Crippen LogP contribution in [0, 0.1) is 13.8 Å². The van der Waals surface area contributed by atoms with Gasteiger partial charge in [-0.1, -0.05) is 35.9 Å². The Morgan fingerprint density at radius 1 is 1.17 bits per heavy atom. The van der Waals surface area contributed by atoms with Gasteiger partial charge in [0, 0.05) is 10.7 Å². The number of thiocarbonyl (C=S) groups is 1. The van der Waals surface area contributed by atoms with Gasteiger partial charge >= 0.3 is 0 Å². The normalized spacial score (nSPS) is 11.7. The molecule has 2 rings (SSSR count). The van der Waals surface area contributed by atoms with Crippen LogP contribution in [-0.2, 0) is 0 Å². The molecule has 0 spiro atoms. The molecule has 0 amide bonds. The fourth-order valence-electron chi connectivity index (χ4n) is 2.04. The molecular weight excluding hydrogens is 328 g/mol. The summed E-state index contributed by atoms with van der Waals surface area (Å²) in [5, 5.41) is 7.60. The van der Waals surface area contributed by atoms with Crippen LogP contribution in [0.15, 0.2) is 42.5 Å². The molecule has 0 fully saturated rings. The minimum Gasteiger partial charge on any atom is -0.491 e. The summed E-state index contributed by atoms with van der Waals surface area (Å²) < 4.78 is 5.81. The second-order valence-corrected chi connectivity index (χ2v) is 6.36. The van der Waals surface area contributed by atoms with Crippen molar-refractivity contribution in [3.8, 4) is 5.75 Å². The molecule has 2 aromatic rings. The van der Waals surface area contributed by atoms with Crippen molar-refractivity contribution in [1.29, 1.82) is 0 Å². The second-order valence-electron chi connectivity index (χ2n) is 5.54. The minimum absolute atomic E-state index is 0.0792. The molecule has 3 nitrogen and oxygen atoms in total. The zero-order valence-electron chi connectivity index (χ0n) is 13.5. The number of hydrogen-bond acceptors (Lipinski definition) is 2. The van der Waals surface area contributed by atoms with Crippen molar-refractivity contribution in [3.05, 3.63) is 58.6 Å². The van der Waals surface area contributed by atoms with Gasteiger partial charge in [0.15, 0.2) is 5.11 Å². The molecule has 0 radical (unpaired) electrons. The first-order valence-electron chi connectivity index (χ1n) is 7.48. The molecule has 1 unspecified atom stereocenters. The quantitative estimate of drug-likeness (QED) is 0.766. The van der Waals surface area contributed by atoms with Gasteiger partial charge < -0.3 is 15.4 Å². The lowest BCUT2D eigenvalue weighted by molar-refractivity contribution is 0.285. The number of anilines is 1. The van der Waals surface area contributed by atoms with Crippen molar-refractivity contribution in [2.24, 2.45) is 0 Å². The Morgan fingerprint density at radius 2 is 1.91 bits per heavy atom. The van der Waals surface area contributed by atoms with Gasteiger partial charge in [0.1, 0.15) is 12.4 Å². The third-order valence-corrected chi connectivity index (χ3v) is 4.02. The van der Waals surface area contributed by atoms with Crippen LogP contribution in [0.3, 0.4) is 0 Å². The van der Waals surface area contributed by atoms with E-state index in [1.165, 1.54) is 0 Å². The van der Waals surface area contributed by atoms with E-state index in [-0.39, 0.29) is 6.04 Å². The smallest absolute Gasteiger partial charge is 0.171 e. The lowest BCUT2D eigenvalue weighted by Gasteiger charge is -2.18. The number of hydrogen-bond donors (Lipinski definition) is 2. The summed E-state index contributed by atoms with van der Waals surface area (Å²) in [6.45, 7) is 6.55. The number of halogens is 1. The van der Waals surface area contributed by atoms with Crippen molar-refractivity contribution in [2.75, 3.05) is 11.9 Å². The number of benzene rings is 2. The molecule has 0 aliphatic carbocycles. The SMILES string of the molecule is Cc1ccc(NC(=S)NC(C)COc2ccccc2C)cc1Cl. The van der Waals surface area contributed by atoms with Gasteiger partial charge in [-0.2, -0.15) is 0 Å². The maximum absolute atomic E-state index is 6.11. The van der Waals surface area contributed by atoms with E-state index in [2.05, 4.69) is 10.6 Å². The van der Waals surface area contributed by atoms with Gasteiger partial charge in [0.05, 0.1) is 6.04 Å². The summed E-state index contributed by atoms with van der Waals surface area (Å²) in [7, 11) is 0. The van der Waals surface area contributed by atoms with Crippen molar-refractivity contribution < 1.29 is 4.74 Å². The molecule has 0 aliphatic heterocycles. The predicted octanol–water partition coefficient (Wildman–Crippen LogP) is 4.71. The molecule has 0 bridgehead atoms. The maximum Gasteiger partial charge on any atom is 0.171 e. The van der Waals surface area contributed by atoms with Gasteiger partial charge in [0.25, 0.3) is 0 Å². The minimum atomic E-state index is 0.0792. The number of para-hydroxylation sites is 1. The number of rotatable bonds is 5. The summed E-state index contributed by atoms with van der Waals surface area (Å²) in [5.74, 6) is 0.894. The van der Waals surface area contributed by atoms with Crippen LogP contribution in [0.5, 0.6) is 5.75 Å². The Bertz CT molecular complexity index is 690. The average molecular weight is 349 g/mol. The zero-order chi connectivity index (χ0) is 16.8. The van der Waals surface area contributed by atoms with Gasteiger partial charge in [0.2, 0.25) is 0 Å². The Morgan fingerprint density at radius 3 is 2.61 bits per heavy atom. The van der Waals surface area contributed by atoms with Crippen molar-refractivity contribution in [1.82, 2.24) is 5.32 Å². The second kappa shape index (κ2) is 8.18. The summed E-state index contributed by atoms with van der Waals surface area (Å²) in [6, 6.07) is 13.8. The molecule has 1 atom stereocenters. The monoisotopic (exact) mass is 348 g/mol. The fraction of sp³-hybridized carbons (Fsp3) is 0.278. The Balaban J connectivity index is 1.82. The zero-order valence-corrected chi connectivity index (χ0v) is 15.1. The molecule has 0 aliphatic rings. The molecule has 0 heterocycles. The molecule has 2 aromatic carbocycles.